The molecule has 0 saturated heterocycles. The summed E-state index contributed by atoms with van der Waals surface area (Å²) in [5, 5.41) is 10.3. The summed E-state index contributed by atoms with van der Waals surface area (Å²) in [6.45, 7) is 8.42. The van der Waals surface area contributed by atoms with Crippen LogP contribution in [0.3, 0.4) is 0 Å². The summed E-state index contributed by atoms with van der Waals surface area (Å²) in [6.07, 6.45) is 0.440. The second-order valence-corrected chi connectivity index (χ2v) is 5.40. The summed E-state index contributed by atoms with van der Waals surface area (Å²) in [5.41, 5.74) is 0.509. The Labute approximate surface area is 120 Å². The average molecular weight is 284 g/mol. The molecule has 4 nitrogen and oxygen atoms in total. The molecule has 0 saturated carbocycles. The van der Waals surface area contributed by atoms with Gasteiger partial charge in [-0.25, -0.2) is 4.39 Å². The Balaban J connectivity index is 2.62. The van der Waals surface area contributed by atoms with E-state index in [1.807, 2.05) is 6.92 Å². The van der Waals surface area contributed by atoms with Crippen LogP contribution >= 0.6 is 0 Å². The van der Waals surface area contributed by atoms with Crippen LogP contribution in [-0.4, -0.2) is 47.8 Å². The van der Waals surface area contributed by atoms with Gasteiger partial charge >= 0.3 is 0 Å². The minimum Gasteiger partial charge on any atom is -0.386 e. The van der Waals surface area contributed by atoms with Crippen LogP contribution in [0.2, 0.25) is 0 Å². The molecule has 0 aliphatic rings. The van der Waals surface area contributed by atoms with Crippen LogP contribution in [0.1, 0.15) is 32.6 Å². The third-order valence-electron chi connectivity index (χ3n) is 3.43. The van der Waals surface area contributed by atoms with Crippen LogP contribution in [0.4, 0.5) is 4.39 Å². The number of aliphatic hydroxyl groups is 1. The van der Waals surface area contributed by atoms with Gasteiger partial charge in [0.25, 0.3) is 0 Å². The number of rotatable bonds is 8. The molecule has 2 unspecified atom stereocenters. The molecule has 114 valence electrons. The van der Waals surface area contributed by atoms with Gasteiger partial charge in [-0.2, -0.15) is 0 Å². The normalized spacial score (nSPS) is 14.8. The van der Waals surface area contributed by atoms with Gasteiger partial charge in [0.2, 0.25) is 0 Å². The average Bonchev–Trinajstić information content (AvgIpc) is 2.42. The van der Waals surface area contributed by atoms with Crippen molar-refractivity contribution in [3.63, 3.8) is 0 Å². The van der Waals surface area contributed by atoms with E-state index in [2.05, 4.69) is 23.7 Å². The summed E-state index contributed by atoms with van der Waals surface area (Å²) in [6, 6.07) is 3.23. The first-order valence-corrected chi connectivity index (χ1v) is 6.98. The van der Waals surface area contributed by atoms with Crippen molar-refractivity contribution < 1.29 is 14.2 Å². The van der Waals surface area contributed by atoms with Crippen LogP contribution < -0.4 is 0 Å². The highest BCUT2D eigenvalue weighted by molar-refractivity contribution is 5.08. The molecule has 2 atom stereocenters. The van der Waals surface area contributed by atoms with Gasteiger partial charge in [-0.1, -0.05) is 6.92 Å². The minimum absolute atomic E-state index is 0.00668. The highest BCUT2D eigenvalue weighted by Gasteiger charge is 2.21. The summed E-state index contributed by atoms with van der Waals surface area (Å²) >= 11 is 0. The molecule has 0 aliphatic carbocycles. The molecule has 0 radical (unpaired) electrons. The largest absolute Gasteiger partial charge is 0.386 e. The smallest absolute Gasteiger partial charge is 0.141 e. The second kappa shape index (κ2) is 8.29. The van der Waals surface area contributed by atoms with Gasteiger partial charge in [-0.05, 0) is 26.0 Å². The fourth-order valence-electron chi connectivity index (χ4n) is 2.09. The topological polar surface area (TPSA) is 45.6 Å². The van der Waals surface area contributed by atoms with Crippen LogP contribution in [0, 0.1) is 11.7 Å². The third-order valence-corrected chi connectivity index (χ3v) is 3.43. The number of aliphatic hydroxyl groups excluding tert-OH is 1. The number of hydrogen-bond donors (Lipinski definition) is 1. The SMILES string of the molecule is COCCN(CC(C)C(O)c1ccc(F)cn1)C(C)C. The number of halogens is 1. The van der Waals surface area contributed by atoms with Crippen LogP contribution in [0.25, 0.3) is 0 Å². The number of nitrogens with zero attached hydrogens (tertiary/aromatic N) is 2. The monoisotopic (exact) mass is 284 g/mol. The van der Waals surface area contributed by atoms with E-state index in [1.165, 1.54) is 12.1 Å². The number of methoxy groups -OCH3 is 1. The Morgan fingerprint density at radius 2 is 2.05 bits per heavy atom. The van der Waals surface area contributed by atoms with Gasteiger partial charge in [0, 0.05) is 32.2 Å². The molecule has 5 heteroatoms. The first kappa shape index (κ1) is 17.0. The lowest BCUT2D eigenvalue weighted by atomic mass is 10.00. The molecular formula is C15H25FN2O2. The van der Waals surface area contributed by atoms with Crippen molar-refractivity contribution in [2.45, 2.75) is 32.9 Å². The Morgan fingerprint density at radius 1 is 1.35 bits per heavy atom. The first-order chi connectivity index (χ1) is 9.45. The van der Waals surface area contributed by atoms with Crippen molar-refractivity contribution in [1.29, 1.82) is 0 Å². The molecule has 20 heavy (non-hydrogen) atoms. The fraction of sp³-hybridized carbons (Fsp3) is 0.667. The van der Waals surface area contributed by atoms with Gasteiger partial charge in [-0.3, -0.25) is 9.88 Å². The van der Waals surface area contributed by atoms with Crippen molar-refractivity contribution in [3.05, 3.63) is 29.8 Å². The minimum atomic E-state index is -0.695. The van der Waals surface area contributed by atoms with Crippen LogP contribution in [-0.2, 0) is 4.74 Å². The van der Waals surface area contributed by atoms with E-state index < -0.39 is 11.9 Å². The van der Waals surface area contributed by atoms with E-state index in [0.717, 1.165) is 19.3 Å². The van der Waals surface area contributed by atoms with Crippen molar-refractivity contribution in [2.24, 2.45) is 5.92 Å². The van der Waals surface area contributed by atoms with E-state index in [4.69, 9.17) is 4.74 Å². The molecule has 1 rings (SSSR count). The molecule has 1 aromatic rings. The van der Waals surface area contributed by atoms with Gasteiger partial charge in [-0.15, -0.1) is 0 Å². The highest BCUT2D eigenvalue weighted by Crippen LogP contribution is 2.21. The summed E-state index contributed by atoms with van der Waals surface area (Å²) in [5.74, 6) is -0.385. The summed E-state index contributed by atoms with van der Waals surface area (Å²) in [4.78, 5) is 6.20. The van der Waals surface area contributed by atoms with Crippen molar-refractivity contribution in [1.82, 2.24) is 9.88 Å². The van der Waals surface area contributed by atoms with Gasteiger partial charge in [0.05, 0.1) is 24.6 Å². The molecular weight excluding hydrogens is 259 g/mol. The van der Waals surface area contributed by atoms with Crippen LogP contribution in [0.5, 0.6) is 0 Å². The van der Waals surface area contributed by atoms with E-state index in [9.17, 15) is 9.50 Å². The lowest BCUT2D eigenvalue weighted by Crippen LogP contribution is -2.38. The van der Waals surface area contributed by atoms with Gasteiger partial charge in [0.15, 0.2) is 0 Å². The summed E-state index contributed by atoms with van der Waals surface area (Å²) < 4.78 is 17.9. The zero-order chi connectivity index (χ0) is 15.1. The molecule has 1 heterocycles. The molecule has 0 amide bonds. The molecule has 1 N–H and O–H groups in total. The Hall–Kier alpha value is -1.04. The highest BCUT2D eigenvalue weighted by atomic mass is 19.1. The van der Waals surface area contributed by atoms with Crippen LogP contribution in [0.15, 0.2) is 18.3 Å². The lowest BCUT2D eigenvalue weighted by Gasteiger charge is -2.30. The number of aromatic nitrogens is 1. The number of ether oxygens (including phenoxy) is 1. The van der Waals surface area contributed by atoms with Crippen molar-refractivity contribution in [3.8, 4) is 0 Å². The van der Waals surface area contributed by atoms with E-state index in [-0.39, 0.29) is 5.92 Å². The Morgan fingerprint density at radius 3 is 2.55 bits per heavy atom. The van der Waals surface area contributed by atoms with Gasteiger partial charge in [0.1, 0.15) is 5.82 Å². The summed E-state index contributed by atoms with van der Waals surface area (Å²) in [7, 11) is 1.68. The van der Waals surface area contributed by atoms with E-state index in [1.54, 1.807) is 7.11 Å². The maximum atomic E-state index is 12.8. The standard InChI is InChI=1S/C15H25FN2O2/c1-11(2)18(7-8-20-4)10-12(3)15(19)14-6-5-13(16)9-17-14/h5-6,9,11-12,15,19H,7-8,10H2,1-4H3. The van der Waals surface area contributed by atoms with Gasteiger partial charge < -0.3 is 9.84 Å². The lowest BCUT2D eigenvalue weighted by molar-refractivity contribution is 0.0619. The van der Waals surface area contributed by atoms with E-state index >= 15 is 0 Å². The quantitative estimate of drug-likeness (QED) is 0.795. The molecule has 1 aromatic heterocycles. The predicted octanol–water partition coefficient (Wildman–Crippen LogP) is 2.25. The number of hydrogen-bond acceptors (Lipinski definition) is 4. The number of pyridine rings is 1. The maximum Gasteiger partial charge on any atom is 0.141 e. The van der Waals surface area contributed by atoms with Crippen molar-refractivity contribution >= 4 is 0 Å². The molecule has 0 bridgehead atoms. The second-order valence-electron chi connectivity index (χ2n) is 5.40. The van der Waals surface area contributed by atoms with E-state index in [0.29, 0.717) is 18.3 Å². The molecule has 0 aliphatic heterocycles. The Bertz CT molecular complexity index is 384. The molecule has 0 spiro atoms. The zero-order valence-electron chi connectivity index (χ0n) is 12.7. The fourth-order valence-corrected chi connectivity index (χ4v) is 2.09. The predicted molar refractivity (Wildman–Crippen MR) is 76.9 cm³/mol. The zero-order valence-corrected chi connectivity index (χ0v) is 12.7. The molecule has 0 fully saturated rings. The maximum absolute atomic E-state index is 12.8. The third kappa shape index (κ3) is 5.15. The first-order valence-electron chi connectivity index (χ1n) is 6.98. The molecule has 0 aromatic carbocycles. The Kier molecular flexibility index (Phi) is 7.05. The van der Waals surface area contributed by atoms with Crippen molar-refractivity contribution in [2.75, 3.05) is 26.8 Å².